The van der Waals surface area contributed by atoms with Crippen molar-refractivity contribution >= 4 is 5.91 Å². The third kappa shape index (κ3) is 4.56. The molecule has 0 spiro atoms. The van der Waals surface area contributed by atoms with Crippen LogP contribution in [0.4, 0.5) is 8.78 Å². The zero-order valence-electron chi connectivity index (χ0n) is 19.9. The molecule has 33 heavy (non-hydrogen) atoms. The Morgan fingerprint density at radius 3 is 2.36 bits per heavy atom. The van der Waals surface area contributed by atoms with E-state index in [1.807, 2.05) is 42.2 Å². The van der Waals surface area contributed by atoms with Crippen LogP contribution in [0.3, 0.4) is 0 Å². The van der Waals surface area contributed by atoms with E-state index >= 15 is 0 Å². The van der Waals surface area contributed by atoms with Gasteiger partial charge in [-0.2, -0.15) is 0 Å². The van der Waals surface area contributed by atoms with E-state index in [0.29, 0.717) is 38.2 Å². The van der Waals surface area contributed by atoms with Gasteiger partial charge in [0.1, 0.15) is 11.6 Å². The van der Waals surface area contributed by atoms with Crippen LogP contribution in [0, 0.1) is 23.5 Å². The third-order valence-electron chi connectivity index (χ3n) is 7.61. The van der Waals surface area contributed by atoms with Crippen molar-refractivity contribution in [3.05, 3.63) is 71.3 Å². The maximum absolute atomic E-state index is 14.7. The predicted molar refractivity (Wildman–Crippen MR) is 125 cm³/mol. The highest BCUT2D eigenvalue weighted by Gasteiger charge is 2.47. The van der Waals surface area contributed by atoms with Gasteiger partial charge in [-0.05, 0) is 44.4 Å². The Hall–Kier alpha value is -2.31. The lowest BCUT2D eigenvalue weighted by Crippen LogP contribution is -2.52. The molecular weight excluding hydrogens is 422 g/mol. The van der Waals surface area contributed by atoms with Crippen molar-refractivity contribution in [1.82, 2.24) is 9.80 Å². The van der Waals surface area contributed by atoms with Crippen molar-refractivity contribution in [2.24, 2.45) is 11.8 Å². The number of amides is 1. The molecule has 6 heteroatoms. The molecule has 0 unspecified atom stereocenters. The molecule has 0 aliphatic carbocycles. The van der Waals surface area contributed by atoms with E-state index in [-0.39, 0.29) is 23.3 Å². The fraction of sp³-hybridized carbons (Fsp3) is 0.519. The Labute approximate surface area is 195 Å². The number of rotatable bonds is 3. The topological polar surface area (TPSA) is 43.8 Å². The van der Waals surface area contributed by atoms with Crippen LogP contribution in [0.5, 0.6) is 0 Å². The van der Waals surface area contributed by atoms with Gasteiger partial charge in [-0.15, -0.1) is 0 Å². The maximum atomic E-state index is 14.7. The van der Waals surface area contributed by atoms with Crippen LogP contribution < -0.4 is 0 Å². The molecule has 1 amide bonds. The van der Waals surface area contributed by atoms with Gasteiger partial charge in [0.25, 0.3) is 0 Å². The first-order valence-electron chi connectivity index (χ1n) is 11.8. The van der Waals surface area contributed by atoms with Gasteiger partial charge in [0.05, 0.1) is 11.5 Å². The largest absolute Gasteiger partial charge is 0.385 e. The second kappa shape index (κ2) is 8.80. The van der Waals surface area contributed by atoms with Gasteiger partial charge < -0.3 is 10.0 Å². The molecule has 4 nitrogen and oxygen atoms in total. The van der Waals surface area contributed by atoms with E-state index in [1.54, 1.807) is 0 Å². The molecule has 178 valence electrons. The Balaban J connectivity index is 1.57. The van der Waals surface area contributed by atoms with Crippen molar-refractivity contribution in [2.45, 2.75) is 51.2 Å². The molecule has 0 saturated carbocycles. The van der Waals surface area contributed by atoms with Crippen molar-refractivity contribution in [3.63, 3.8) is 0 Å². The summed E-state index contributed by atoms with van der Waals surface area (Å²) in [6.07, 6.45) is 0.454. The molecular formula is C27H34F2N2O2. The van der Waals surface area contributed by atoms with E-state index in [4.69, 9.17) is 0 Å². The van der Waals surface area contributed by atoms with Crippen LogP contribution in [0.25, 0.3) is 0 Å². The van der Waals surface area contributed by atoms with Gasteiger partial charge in [-0.1, -0.05) is 43.3 Å². The summed E-state index contributed by atoms with van der Waals surface area (Å²) in [7, 11) is 0. The molecule has 2 aliphatic rings. The minimum Gasteiger partial charge on any atom is -0.385 e. The van der Waals surface area contributed by atoms with E-state index in [9.17, 15) is 18.7 Å². The second-order valence-electron chi connectivity index (χ2n) is 10.7. The summed E-state index contributed by atoms with van der Waals surface area (Å²) in [5.41, 5.74) is 0.114. The molecule has 4 atom stereocenters. The van der Waals surface area contributed by atoms with Gasteiger partial charge in [-0.3, -0.25) is 9.69 Å². The number of aliphatic hydroxyl groups is 1. The molecule has 2 saturated heterocycles. The predicted octanol–water partition coefficient (Wildman–Crippen LogP) is 4.53. The Morgan fingerprint density at radius 1 is 1.06 bits per heavy atom. The van der Waals surface area contributed by atoms with Gasteiger partial charge in [-0.25, -0.2) is 8.78 Å². The first-order valence-corrected chi connectivity index (χ1v) is 11.8. The number of piperidine rings is 1. The summed E-state index contributed by atoms with van der Waals surface area (Å²) in [6, 6.07) is 13.3. The lowest BCUT2D eigenvalue weighted by molar-refractivity contribution is -0.144. The monoisotopic (exact) mass is 456 g/mol. The second-order valence-corrected chi connectivity index (χ2v) is 10.7. The highest BCUT2D eigenvalue weighted by molar-refractivity contribution is 5.81. The van der Waals surface area contributed by atoms with Crippen LogP contribution >= 0.6 is 0 Å². The van der Waals surface area contributed by atoms with Crippen LogP contribution in [0.15, 0.2) is 48.5 Å². The van der Waals surface area contributed by atoms with Gasteiger partial charge in [0.15, 0.2) is 0 Å². The van der Waals surface area contributed by atoms with Gasteiger partial charge in [0.2, 0.25) is 5.91 Å². The fourth-order valence-electron chi connectivity index (χ4n) is 5.43. The number of nitrogens with zero attached hydrogens (tertiary/aromatic N) is 2. The molecule has 4 rings (SSSR count). The number of benzene rings is 2. The quantitative estimate of drug-likeness (QED) is 0.738. The van der Waals surface area contributed by atoms with Crippen molar-refractivity contribution in [2.75, 3.05) is 26.2 Å². The molecule has 2 aliphatic heterocycles. The summed E-state index contributed by atoms with van der Waals surface area (Å²) < 4.78 is 28.3. The van der Waals surface area contributed by atoms with Crippen LogP contribution in [0.1, 0.15) is 51.2 Å². The van der Waals surface area contributed by atoms with E-state index in [0.717, 1.165) is 11.6 Å². The molecule has 0 aromatic heterocycles. The van der Waals surface area contributed by atoms with Crippen LogP contribution in [-0.2, 0) is 10.4 Å². The summed E-state index contributed by atoms with van der Waals surface area (Å²) in [5, 5.41) is 11.4. The number of hydrogen-bond acceptors (Lipinski definition) is 3. The Bertz CT molecular complexity index is 1010. The average molecular weight is 457 g/mol. The number of halogens is 2. The highest BCUT2D eigenvalue weighted by atomic mass is 19.1. The highest BCUT2D eigenvalue weighted by Crippen LogP contribution is 2.41. The first-order chi connectivity index (χ1) is 15.5. The van der Waals surface area contributed by atoms with Crippen LogP contribution in [0.2, 0.25) is 0 Å². The SMILES string of the molecule is C[C@@H]1CN(C(=O)[C@@H]2CN(C(C)(C)C)C[C@H]2c2ccc(F)cc2F)CC[C@]1(O)c1ccccc1. The summed E-state index contributed by atoms with van der Waals surface area (Å²) in [4.78, 5) is 17.8. The lowest BCUT2D eigenvalue weighted by atomic mass is 9.76. The summed E-state index contributed by atoms with van der Waals surface area (Å²) in [5.74, 6) is -2.13. The molecule has 2 fully saturated rings. The molecule has 2 aromatic carbocycles. The Kier molecular flexibility index (Phi) is 6.36. The van der Waals surface area contributed by atoms with Gasteiger partial charge in [0, 0.05) is 49.6 Å². The van der Waals surface area contributed by atoms with Crippen molar-refractivity contribution in [3.8, 4) is 0 Å². The molecule has 1 N–H and O–H groups in total. The zero-order valence-corrected chi connectivity index (χ0v) is 19.9. The molecule has 0 bridgehead atoms. The summed E-state index contributed by atoms with van der Waals surface area (Å²) in [6.45, 7) is 10.2. The van der Waals surface area contributed by atoms with E-state index in [1.165, 1.54) is 12.1 Å². The smallest absolute Gasteiger partial charge is 0.227 e. The summed E-state index contributed by atoms with van der Waals surface area (Å²) >= 11 is 0. The molecule has 2 heterocycles. The number of hydrogen-bond donors (Lipinski definition) is 1. The van der Waals surface area contributed by atoms with E-state index < -0.39 is 23.2 Å². The Morgan fingerprint density at radius 2 is 1.76 bits per heavy atom. The third-order valence-corrected chi connectivity index (χ3v) is 7.61. The standard InChI is InChI=1S/C27H34F2N2O2/c1-18-15-30(13-12-27(18,33)19-8-6-5-7-9-19)25(32)23-17-31(26(2,3)4)16-22(23)21-11-10-20(28)14-24(21)29/h5-11,14,18,22-23,33H,12-13,15-17H2,1-4H3/t18-,22+,23-,27-/m1/s1. The van der Waals surface area contributed by atoms with Crippen molar-refractivity contribution in [1.29, 1.82) is 0 Å². The minimum absolute atomic E-state index is 0.0163. The van der Waals surface area contributed by atoms with Crippen molar-refractivity contribution < 1.29 is 18.7 Å². The number of carbonyl (C=O) groups excluding carboxylic acids is 1. The van der Waals surface area contributed by atoms with Crippen LogP contribution in [-0.4, -0.2) is 52.5 Å². The fourth-order valence-corrected chi connectivity index (χ4v) is 5.43. The molecule has 2 aromatic rings. The molecule has 0 radical (unpaired) electrons. The minimum atomic E-state index is -0.979. The normalized spacial score (nSPS) is 28.8. The van der Waals surface area contributed by atoms with Gasteiger partial charge >= 0.3 is 0 Å². The average Bonchev–Trinajstić information content (AvgIpc) is 3.21. The maximum Gasteiger partial charge on any atom is 0.227 e. The van der Waals surface area contributed by atoms with E-state index in [2.05, 4.69) is 25.7 Å². The first kappa shape index (κ1) is 23.8. The number of carbonyl (C=O) groups is 1. The lowest BCUT2D eigenvalue weighted by Gasteiger charge is -2.44. The zero-order chi connectivity index (χ0) is 24.0. The number of likely N-dealkylation sites (tertiary alicyclic amines) is 2.